The van der Waals surface area contributed by atoms with Crippen LogP contribution in [-0.4, -0.2) is 16.0 Å². The minimum Gasteiger partial charge on any atom is -0.461 e. The van der Waals surface area contributed by atoms with Crippen LogP contribution < -0.4 is 5.73 Å². The number of rotatable bonds is 2. The van der Waals surface area contributed by atoms with Crippen LogP contribution in [0, 0.1) is 0 Å². The van der Waals surface area contributed by atoms with Crippen molar-refractivity contribution < 1.29 is 9.21 Å². The second-order valence-corrected chi connectivity index (χ2v) is 3.68. The van der Waals surface area contributed by atoms with E-state index in [2.05, 4.69) is 10.2 Å². The van der Waals surface area contributed by atoms with Crippen molar-refractivity contribution in [2.45, 2.75) is 0 Å². The first-order valence-electron chi connectivity index (χ1n) is 5.07. The molecule has 0 spiro atoms. The number of nitrogen functional groups attached to an aromatic ring is 1. The lowest BCUT2D eigenvalue weighted by Crippen LogP contribution is -1.99. The number of carbonyl (C=O) groups is 1. The summed E-state index contributed by atoms with van der Waals surface area (Å²) in [4.78, 5) is 12.0. The lowest BCUT2D eigenvalue weighted by atomic mass is 10.1. The Balaban J connectivity index is 2.09. The van der Waals surface area contributed by atoms with E-state index < -0.39 is 0 Å². The van der Waals surface area contributed by atoms with Gasteiger partial charge >= 0.3 is 0 Å². The summed E-state index contributed by atoms with van der Waals surface area (Å²) in [6.07, 6.45) is 1.47. The van der Waals surface area contributed by atoms with Gasteiger partial charge in [-0.15, -0.1) is 0 Å². The number of nitrogens with two attached hydrogens (primary N) is 1. The predicted octanol–water partition coefficient (Wildman–Crippen LogP) is 1.97. The third-order valence-corrected chi connectivity index (χ3v) is 2.60. The molecule has 0 aliphatic rings. The van der Waals surface area contributed by atoms with Crippen LogP contribution >= 0.6 is 0 Å². The molecule has 0 aliphatic heterocycles. The molecule has 5 nitrogen and oxygen atoms in total. The molecule has 0 radical (unpaired) electrons. The van der Waals surface area contributed by atoms with Gasteiger partial charge in [-0.05, 0) is 24.3 Å². The number of furan rings is 1. The molecule has 84 valence electrons. The van der Waals surface area contributed by atoms with E-state index in [0.717, 1.165) is 10.9 Å². The number of benzene rings is 1. The van der Waals surface area contributed by atoms with Gasteiger partial charge in [0.25, 0.3) is 0 Å². The second-order valence-electron chi connectivity index (χ2n) is 3.68. The van der Waals surface area contributed by atoms with Crippen molar-refractivity contribution in [1.29, 1.82) is 0 Å². The van der Waals surface area contributed by atoms with E-state index in [1.54, 1.807) is 30.3 Å². The van der Waals surface area contributed by atoms with Crippen LogP contribution in [0.1, 0.15) is 16.1 Å². The molecule has 0 fully saturated rings. The number of ketones is 1. The molecule has 3 rings (SSSR count). The van der Waals surface area contributed by atoms with Crippen LogP contribution in [0.2, 0.25) is 0 Å². The van der Waals surface area contributed by atoms with Gasteiger partial charge in [0.1, 0.15) is 0 Å². The zero-order valence-corrected chi connectivity index (χ0v) is 8.81. The fraction of sp³-hybridized carbons (Fsp3) is 0. The molecule has 2 aromatic heterocycles. The van der Waals surface area contributed by atoms with Crippen LogP contribution in [0.3, 0.4) is 0 Å². The third kappa shape index (κ3) is 1.48. The SMILES string of the molecule is Nc1n[nH]c2cc(C(=O)c3ccco3)ccc12. The van der Waals surface area contributed by atoms with Gasteiger partial charge in [-0.1, -0.05) is 6.07 Å². The number of aromatic nitrogens is 2. The van der Waals surface area contributed by atoms with Crippen molar-refractivity contribution in [1.82, 2.24) is 10.2 Å². The molecule has 1 aromatic carbocycles. The van der Waals surface area contributed by atoms with Gasteiger partial charge in [-0.2, -0.15) is 5.10 Å². The van der Waals surface area contributed by atoms with Crippen molar-refractivity contribution in [2.75, 3.05) is 5.73 Å². The first-order valence-corrected chi connectivity index (χ1v) is 5.07. The molecule has 0 unspecified atom stereocenters. The summed E-state index contributed by atoms with van der Waals surface area (Å²) in [6, 6.07) is 8.50. The number of hydrogen-bond acceptors (Lipinski definition) is 4. The molecule has 3 aromatic rings. The summed E-state index contributed by atoms with van der Waals surface area (Å²) in [5.74, 6) is 0.582. The van der Waals surface area contributed by atoms with E-state index in [-0.39, 0.29) is 5.78 Å². The average molecular weight is 227 g/mol. The molecule has 0 amide bonds. The van der Waals surface area contributed by atoms with Gasteiger partial charge in [0.2, 0.25) is 5.78 Å². The number of carbonyl (C=O) groups excluding carboxylic acids is 1. The molecule has 2 heterocycles. The summed E-state index contributed by atoms with van der Waals surface area (Å²) >= 11 is 0. The van der Waals surface area contributed by atoms with E-state index in [9.17, 15) is 4.79 Å². The van der Waals surface area contributed by atoms with Gasteiger partial charge in [0.15, 0.2) is 11.6 Å². The fourth-order valence-electron chi connectivity index (χ4n) is 1.73. The second kappa shape index (κ2) is 3.48. The Bertz CT molecular complexity index is 683. The molecule has 0 bridgehead atoms. The topological polar surface area (TPSA) is 84.9 Å². The van der Waals surface area contributed by atoms with Crippen molar-refractivity contribution in [3.63, 3.8) is 0 Å². The van der Waals surface area contributed by atoms with Crippen molar-refractivity contribution >= 4 is 22.5 Å². The molecule has 17 heavy (non-hydrogen) atoms. The molecule has 0 saturated carbocycles. The largest absolute Gasteiger partial charge is 0.461 e. The highest BCUT2D eigenvalue weighted by Crippen LogP contribution is 2.20. The fourth-order valence-corrected chi connectivity index (χ4v) is 1.73. The Labute approximate surface area is 96.2 Å². The van der Waals surface area contributed by atoms with Gasteiger partial charge < -0.3 is 10.2 Å². The predicted molar refractivity (Wildman–Crippen MR) is 62.6 cm³/mol. The minimum absolute atomic E-state index is 0.162. The Kier molecular flexibility index (Phi) is 1.98. The Morgan fingerprint density at radius 1 is 1.35 bits per heavy atom. The molecular formula is C12H9N3O2. The minimum atomic E-state index is -0.162. The highest BCUT2D eigenvalue weighted by molar-refractivity contribution is 6.09. The maximum Gasteiger partial charge on any atom is 0.228 e. The number of fused-ring (bicyclic) bond motifs is 1. The zero-order chi connectivity index (χ0) is 11.8. The number of nitrogens with one attached hydrogen (secondary N) is 1. The lowest BCUT2D eigenvalue weighted by Gasteiger charge is -1.97. The van der Waals surface area contributed by atoms with E-state index >= 15 is 0 Å². The first-order chi connectivity index (χ1) is 8.25. The summed E-state index contributed by atoms with van der Waals surface area (Å²) in [6.45, 7) is 0. The molecule has 0 saturated heterocycles. The maximum absolute atomic E-state index is 12.0. The number of nitrogens with zero attached hydrogens (tertiary/aromatic N) is 1. The molecule has 0 atom stereocenters. The number of aromatic amines is 1. The molecule has 5 heteroatoms. The average Bonchev–Trinajstić information content (AvgIpc) is 2.98. The van der Waals surface area contributed by atoms with Crippen LogP contribution in [0.5, 0.6) is 0 Å². The summed E-state index contributed by atoms with van der Waals surface area (Å²) in [5, 5.41) is 7.45. The number of H-pyrrole nitrogens is 1. The third-order valence-electron chi connectivity index (χ3n) is 2.60. The van der Waals surface area contributed by atoms with Crippen LogP contribution in [0.25, 0.3) is 10.9 Å². The maximum atomic E-state index is 12.0. The summed E-state index contributed by atoms with van der Waals surface area (Å²) < 4.78 is 5.07. The highest BCUT2D eigenvalue weighted by Gasteiger charge is 2.13. The normalized spacial score (nSPS) is 10.8. The van der Waals surface area contributed by atoms with E-state index in [1.165, 1.54) is 6.26 Å². The molecular weight excluding hydrogens is 218 g/mol. The molecule has 0 aliphatic carbocycles. The van der Waals surface area contributed by atoms with Gasteiger partial charge in [-0.25, -0.2) is 0 Å². The van der Waals surface area contributed by atoms with Gasteiger partial charge in [0.05, 0.1) is 11.8 Å². The van der Waals surface area contributed by atoms with Crippen molar-refractivity contribution in [3.8, 4) is 0 Å². The Morgan fingerprint density at radius 3 is 3.00 bits per heavy atom. The van der Waals surface area contributed by atoms with E-state index in [4.69, 9.17) is 10.2 Å². The zero-order valence-electron chi connectivity index (χ0n) is 8.81. The highest BCUT2D eigenvalue weighted by atomic mass is 16.3. The monoisotopic (exact) mass is 227 g/mol. The van der Waals surface area contributed by atoms with Crippen LogP contribution in [-0.2, 0) is 0 Å². The Hall–Kier alpha value is -2.56. The van der Waals surface area contributed by atoms with Crippen molar-refractivity contribution in [3.05, 3.63) is 47.9 Å². The Morgan fingerprint density at radius 2 is 2.24 bits per heavy atom. The van der Waals surface area contributed by atoms with Crippen LogP contribution in [0.4, 0.5) is 5.82 Å². The smallest absolute Gasteiger partial charge is 0.228 e. The quantitative estimate of drug-likeness (QED) is 0.655. The standard InChI is InChI=1S/C12H9N3O2/c13-12-8-4-3-7(6-9(8)14-15-12)11(16)10-2-1-5-17-10/h1-6H,(H3,13,14,15). The van der Waals surface area contributed by atoms with Crippen molar-refractivity contribution in [2.24, 2.45) is 0 Å². The molecule has 3 N–H and O–H groups in total. The first kappa shape index (κ1) is 9.65. The lowest BCUT2D eigenvalue weighted by molar-refractivity contribution is 0.101. The number of hydrogen-bond donors (Lipinski definition) is 2. The van der Waals surface area contributed by atoms with Gasteiger partial charge in [-0.3, -0.25) is 9.89 Å². The summed E-state index contributed by atoms with van der Waals surface area (Å²) in [7, 11) is 0. The van der Waals surface area contributed by atoms with Crippen LogP contribution in [0.15, 0.2) is 41.0 Å². The van der Waals surface area contributed by atoms with E-state index in [0.29, 0.717) is 17.1 Å². The van der Waals surface area contributed by atoms with Gasteiger partial charge in [0, 0.05) is 10.9 Å². The van der Waals surface area contributed by atoms with E-state index in [1.807, 2.05) is 0 Å². The summed E-state index contributed by atoms with van der Waals surface area (Å²) in [5.41, 5.74) is 6.93. The number of anilines is 1.